The molecule has 0 spiro atoms. The zero-order valence-corrected chi connectivity index (χ0v) is 13.6. The molecule has 1 aliphatic heterocycles. The van der Waals surface area contributed by atoms with Crippen LogP contribution in [-0.4, -0.2) is 22.6 Å². The molecule has 0 radical (unpaired) electrons. The van der Waals surface area contributed by atoms with Gasteiger partial charge in [-0.05, 0) is 31.0 Å². The van der Waals surface area contributed by atoms with Gasteiger partial charge in [0.25, 0.3) is 0 Å². The molecule has 0 saturated carbocycles. The standard InChI is InChI=1S/C17H22N4O2/c1-3-16-19-15(20-23-16)11-18-12(2)13-6-8-14(9-7-13)21-10-4-5-17(21)22/h6-9,12,18H,3-5,10-11H2,1-2H3/t12-/m1/s1. The number of aryl methyl sites for hydroxylation is 1. The number of benzene rings is 1. The average molecular weight is 314 g/mol. The Morgan fingerprint density at radius 1 is 1.35 bits per heavy atom. The number of hydrogen-bond acceptors (Lipinski definition) is 5. The van der Waals surface area contributed by atoms with Crippen molar-refractivity contribution in [1.82, 2.24) is 15.5 Å². The van der Waals surface area contributed by atoms with E-state index in [1.807, 2.05) is 24.0 Å². The van der Waals surface area contributed by atoms with E-state index < -0.39 is 0 Å². The van der Waals surface area contributed by atoms with Crippen LogP contribution in [0.3, 0.4) is 0 Å². The summed E-state index contributed by atoms with van der Waals surface area (Å²) in [6.07, 6.45) is 2.35. The second-order valence-corrected chi connectivity index (χ2v) is 5.80. The minimum absolute atomic E-state index is 0.168. The fourth-order valence-electron chi connectivity index (χ4n) is 2.73. The summed E-state index contributed by atoms with van der Waals surface area (Å²) in [6, 6.07) is 8.32. The Kier molecular flexibility index (Phi) is 4.71. The van der Waals surface area contributed by atoms with Gasteiger partial charge in [0.2, 0.25) is 11.8 Å². The fraction of sp³-hybridized carbons (Fsp3) is 0.471. The fourth-order valence-corrected chi connectivity index (χ4v) is 2.73. The number of hydrogen-bond donors (Lipinski definition) is 1. The van der Waals surface area contributed by atoms with Gasteiger partial charge in [0.1, 0.15) is 0 Å². The van der Waals surface area contributed by atoms with Gasteiger partial charge >= 0.3 is 0 Å². The summed E-state index contributed by atoms with van der Waals surface area (Å²) in [5.41, 5.74) is 2.15. The normalized spacial score (nSPS) is 16.1. The maximum absolute atomic E-state index is 11.8. The second-order valence-electron chi connectivity index (χ2n) is 5.80. The van der Waals surface area contributed by atoms with Crippen LogP contribution in [0.5, 0.6) is 0 Å². The highest BCUT2D eigenvalue weighted by atomic mass is 16.5. The van der Waals surface area contributed by atoms with Crippen molar-refractivity contribution in [2.75, 3.05) is 11.4 Å². The molecule has 1 fully saturated rings. The molecule has 0 bridgehead atoms. The predicted octanol–water partition coefficient (Wildman–Crippen LogP) is 2.61. The van der Waals surface area contributed by atoms with Crippen LogP contribution in [0, 0.1) is 0 Å². The first kappa shape index (κ1) is 15.7. The lowest BCUT2D eigenvalue weighted by atomic mass is 10.1. The summed E-state index contributed by atoms with van der Waals surface area (Å²) in [6.45, 7) is 5.47. The molecule has 1 atom stereocenters. The second kappa shape index (κ2) is 6.91. The Labute approximate surface area is 135 Å². The lowest BCUT2D eigenvalue weighted by Crippen LogP contribution is -2.24. The summed E-state index contributed by atoms with van der Waals surface area (Å²) in [7, 11) is 0. The van der Waals surface area contributed by atoms with Crippen molar-refractivity contribution in [3.05, 3.63) is 41.5 Å². The Hall–Kier alpha value is -2.21. The highest BCUT2D eigenvalue weighted by Gasteiger charge is 2.21. The average Bonchev–Trinajstić information content (AvgIpc) is 3.21. The van der Waals surface area contributed by atoms with E-state index in [9.17, 15) is 4.79 Å². The van der Waals surface area contributed by atoms with Gasteiger partial charge in [-0.3, -0.25) is 4.79 Å². The van der Waals surface area contributed by atoms with Gasteiger partial charge in [-0.1, -0.05) is 24.2 Å². The lowest BCUT2D eigenvalue weighted by Gasteiger charge is -2.18. The molecular weight excluding hydrogens is 292 g/mol. The maximum Gasteiger partial charge on any atom is 0.227 e. The van der Waals surface area contributed by atoms with Gasteiger partial charge in [0.05, 0.1) is 6.54 Å². The Morgan fingerprint density at radius 2 is 2.13 bits per heavy atom. The molecule has 1 amide bonds. The highest BCUT2D eigenvalue weighted by molar-refractivity contribution is 5.95. The Bertz CT molecular complexity index is 665. The van der Waals surface area contributed by atoms with Gasteiger partial charge in [-0.15, -0.1) is 0 Å². The first-order valence-electron chi connectivity index (χ1n) is 8.12. The maximum atomic E-state index is 11.8. The van der Waals surface area contributed by atoms with Crippen LogP contribution in [-0.2, 0) is 17.8 Å². The number of anilines is 1. The molecule has 1 saturated heterocycles. The largest absolute Gasteiger partial charge is 0.339 e. The van der Waals surface area contributed by atoms with Crippen molar-refractivity contribution in [3.63, 3.8) is 0 Å². The molecule has 1 aliphatic rings. The topological polar surface area (TPSA) is 71.3 Å². The summed E-state index contributed by atoms with van der Waals surface area (Å²) >= 11 is 0. The predicted molar refractivity (Wildman–Crippen MR) is 87.0 cm³/mol. The smallest absolute Gasteiger partial charge is 0.227 e. The van der Waals surface area contributed by atoms with Crippen molar-refractivity contribution in [1.29, 1.82) is 0 Å². The lowest BCUT2D eigenvalue weighted by molar-refractivity contribution is -0.117. The van der Waals surface area contributed by atoms with E-state index >= 15 is 0 Å². The summed E-state index contributed by atoms with van der Waals surface area (Å²) in [4.78, 5) is 17.9. The van der Waals surface area contributed by atoms with E-state index in [2.05, 4.69) is 34.5 Å². The quantitative estimate of drug-likeness (QED) is 0.887. The number of aromatic nitrogens is 2. The molecule has 6 nitrogen and oxygen atoms in total. The monoisotopic (exact) mass is 314 g/mol. The third-order valence-electron chi connectivity index (χ3n) is 4.16. The molecule has 1 aromatic heterocycles. The van der Waals surface area contributed by atoms with Crippen LogP contribution in [0.2, 0.25) is 0 Å². The first-order valence-corrected chi connectivity index (χ1v) is 8.12. The van der Waals surface area contributed by atoms with E-state index in [4.69, 9.17) is 4.52 Å². The van der Waals surface area contributed by atoms with Crippen LogP contribution in [0.15, 0.2) is 28.8 Å². The van der Waals surface area contributed by atoms with Crippen molar-refractivity contribution in [2.24, 2.45) is 0 Å². The van der Waals surface area contributed by atoms with Crippen LogP contribution < -0.4 is 10.2 Å². The number of amides is 1. The molecule has 2 heterocycles. The number of nitrogens with zero attached hydrogens (tertiary/aromatic N) is 3. The summed E-state index contributed by atoms with van der Waals surface area (Å²) < 4.78 is 5.10. The van der Waals surface area contributed by atoms with Crippen molar-refractivity contribution >= 4 is 11.6 Å². The van der Waals surface area contributed by atoms with Crippen LogP contribution in [0.4, 0.5) is 5.69 Å². The SMILES string of the molecule is CCc1nc(CN[C@H](C)c2ccc(N3CCCC3=O)cc2)no1. The minimum Gasteiger partial charge on any atom is -0.339 e. The first-order chi connectivity index (χ1) is 11.2. The van der Waals surface area contributed by atoms with E-state index in [-0.39, 0.29) is 11.9 Å². The Morgan fingerprint density at radius 3 is 2.74 bits per heavy atom. The molecule has 122 valence electrons. The van der Waals surface area contributed by atoms with E-state index in [0.29, 0.717) is 24.7 Å². The van der Waals surface area contributed by atoms with E-state index in [1.54, 1.807) is 0 Å². The summed E-state index contributed by atoms with van der Waals surface area (Å²) in [5.74, 6) is 1.55. The van der Waals surface area contributed by atoms with Gasteiger partial charge in [0.15, 0.2) is 5.82 Å². The van der Waals surface area contributed by atoms with Crippen molar-refractivity contribution in [3.8, 4) is 0 Å². The molecule has 1 N–H and O–H groups in total. The molecule has 0 unspecified atom stereocenters. The molecule has 6 heteroatoms. The van der Waals surface area contributed by atoms with Crippen LogP contribution in [0.1, 0.15) is 50.0 Å². The third kappa shape index (κ3) is 3.59. The molecular formula is C17H22N4O2. The van der Waals surface area contributed by atoms with Gasteiger partial charge in [-0.2, -0.15) is 4.98 Å². The zero-order chi connectivity index (χ0) is 16.2. The molecule has 0 aliphatic carbocycles. The van der Waals surface area contributed by atoms with Crippen molar-refractivity contribution in [2.45, 2.75) is 45.7 Å². The third-order valence-corrected chi connectivity index (χ3v) is 4.16. The number of nitrogens with one attached hydrogen (secondary N) is 1. The highest BCUT2D eigenvalue weighted by Crippen LogP contribution is 2.23. The molecule has 2 aromatic rings. The zero-order valence-electron chi connectivity index (χ0n) is 13.6. The Balaban J connectivity index is 1.58. The molecule has 3 rings (SSSR count). The van der Waals surface area contributed by atoms with Crippen molar-refractivity contribution < 1.29 is 9.32 Å². The minimum atomic E-state index is 0.168. The number of rotatable bonds is 6. The number of carbonyl (C=O) groups excluding carboxylic acids is 1. The van der Waals surface area contributed by atoms with Crippen LogP contribution >= 0.6 is 0 Å². The number of carbonyl (C=O) groups is 1. The van der Waals surface area contributed by atoms with Crippen LogP contribution in [0.25, 0.3) is 0 Å². The molecule has 23 heavy (non-hydrogen) atoms. The van der Waals surface area contributed by atoms with Gasteiger partial charge < -0.3 is 14.7 Å². The summed E-state index contributed by atoms with van der Waals surface area (Å²) in [5, 5.41) is 7.32. The van der Waals surface area contributed by atoms with E-state index in [1.165, 1.54) is 5.56 Å². The van der Waals surface area contributed by atoms with E-state index in [0.717, 1.165) is 25.1 Å². The molecule has 1 aromatic carbocycles. The van der Waals surface area contributed by atoms with Gasteiger partial charge in [0, 0.05) is 31.1 Å². The van der Waals surface area contributed by atoms with Gasteiger partial charge in [-0.25, -0.2) is 0 Å².